The van der Waals surface area contributed by atoms with Crippen LogP contribution in [0.15, 0.2) is 35.3 Å². The molecule has 2 fully saturated rings. The van der Waals surface area contributed by atoms with E-state index in [1.165, 1.54) is 57.2 Å². The Morgan fingerprint density at radius 2 is 1.52 bits per heavy atom. The van der Waals surface area contributed by atoms with Crippen LogP contribution in [-0.2, 0) is 0 Å². The molecule has 0 amide bonds. The molecule has 2 heterocycles. The molecule has 0 saturated carbocycles. The number of rotatable bonds is 4. The molecule has 0 aromatic heterocycles. The van der Waals surface area contributed by atoms with Crippen LogP contribution in [0.1, 0.15) is 50.1 Å². The Morgan fingerprint density at radius 3 is 2.17 bits per heavy atom. The summed E-state index contributed by atoms with van der Waals surface area (Å²) in [6.45, 7) is 5.26. The number of benzene rings is 1. The van der Waals surface area contributed by atoms with Gasteiger partial charge in [0.1, 0.15) is 0 Å². The molecule has 0 spiro atoms. The summed E-state index contributed by atoms with van der Waals surface area (Å²) in [4.78, 5) is 9.63. The van der Waals surface area contributed by atoms with Crippen LogP contribution in [0.2, 0.25) is 0 Å². The summed E-state index contributed by atoms with van der Waals surface area (Å²) < 4.78 is 0. The van der Waals surface area contributed by atoms with E-state index in [1.54, 1.807) is 0 Å². The van der Waals surface area contributed by atoms with Crippen molar-refractivity contribution < 1.29 is 0 Å². The maximum absolute atomic E-state index is 6.30. The Bertz CT molecular complexity index is 485. The van der Waals surface area contributed by atoms with E-state index in [9.17, 15) is 0 Å². The molecule has 0 aliphatic carbocycles. The fourth-order valence-corrected chi connectivity index (χ4v) is 3.74. The van der Waals surface area contributed by atoms with Crippen LogP contribution in [0.4, 0.5) is 0 Å². The highest BCUT2D eigenvalue weighted by Crippen LogP contribution is 2.25. The lowest BCUT2D eigenvalue weighted by Crippen LogP contribution is -2.39. The van der Waals surface area contributed by atoms with Crippen molar-refractivity contribution in [2.75, 3.05) is 32.7 Å². The molecular formula is C19H30N4. The lowest BCUT2D eigenvalue weighted by atomic mass is 10.1. The van der Waals surface area contributed by atoms with Crippen molar-refractivity contribution in [1.82, 2.24) is 9.80 Å². The predicted molar refractivity (Wildman–Crippen MR) is 96.5 cm³/mol. The third kappa shape index (κ3) is 4.47. The minimum atomic E-state index is 0.365. The molecule has 2 aliphatic rings. The minimum absolute atomic E-state index is 0.365. The maximum atomic E-state index is 6.30. The summed E-state index contributed by atoms with van der Waals surface area (Å²) >= 11 is 0. The monoisotopic (exact) mass is 314 g/mol. The minimum Gasteiger partial charge on any atom is -0.370 e. The van der Waals surface area contributed by atoms with E-state index < -0.39 is 0 Å². The number of nitrogens with two attached hydrogens (primary N) is 1. The smallest absolute Gasteiger partial charge is 0.191 e. The van der Waals surface area contributed by atoms with E-state index in [4.69, 9.17) is 10.7 Å². The Labute approximate surface area is 140 Å². The predicted octanol–water partition coefficient (Wildman–Crippen LogP) is 3.01. The molecule has 4 heteroatoms. The van der Waals surface area contributed by atoms with E-state index in [0.717, 1.165) is 25.6 Å². The first-order valence-corrected chi connectivity index (χ1v) is 9.18. The van der Waals surface area contributed by atoms with Gasteiger partial charge in [-0.15, -0.1) is 0 Å². The molecule has 2 saturated heterocycles. The standard InChI is InChI=1S/C19H30N4/c20-19(23-14-6-1-2-7-15-23)21-16-18(22-12-8-9-13-22)17-10-4-3-5-11-17/h3-5,10-11,18H,1-2,6-9,12-16H2,(H2,20,21). The number of guanidine groups is 1. The first-order chi connectivity index (χ1) is 11.3. The molecule has 3 rings (SSSR count). The van der Waals surface area contributed by atoms with Crippen LogP contribution in [0.5, 0.6) is 0 Å². The number of aliphatic imine (C=N–C) groups is 1. The first-order valence-electron chi connectivity index (χ1n) is 9.18. The van der Waals surface area contributed by atoms with Crippen molar-refractivity contribution in [2.24, 2.45) is 10.7 Å². The molecular weight excluding hydrogens is 284 g/mol. The number of hydrogen-bond donors (Lipinski definition) is 1. The Hall–Kier alpha value is -1.55. The maximum Gasteiger partial charge on any atom is 0.191 e. The second kappa shape index (κ2) is 8.34. The average molecular weight is 314 g/mol. The topological polar surface area (TPSA) is 44.9 Å². The van der Waals surface area contributed by atoms with Crippen LogP contribution in [-0.4, -0.2) is 48.5 Å². The first kappa shape index (κ1) is 16.3. The molecule has 1 atom stereocenters. The molecule has 1 unspecified atom stereocenters. The van der Waals surface area contributed by atoms with Crippen molar-refractivity contribution in [3.63, 3.8) is 0 Å². The highest BCUT2D eigenvalue weighted by Gasteiger charge is 2.23. The zero-order valence-electron chi connectivity index (χ0n) is 14.2. The lowest BCUT2D eigenvalue weighted by Gasteiger charge is -2.28. The zero-order chi connectivity index (χ0) is 15.9. The summed E-state index contributed by atoms with van der Waals surface area (Å²) in [6, 6.07) is 11.1. The zero-order valence-corrected chi connectivity index (χ0v) is 14.2. The summed E-state index contributed by atoms with van der Waals surface area (Å²) in [5.74, 6) is 0.743. The van der Waals surface area contributed by atoms with Crippen LogP contribution in [0.3, 0.4) is 0 Å². The van der Waals surface area contributed by atoms with Crippen molar-refractivity contribution >= 4 is 5.96 Å². The highest BCUT2D eigenvalue weighted by molar-refractivity contribution is 5.78. The van der Waals surface area contributed by atoms with Gasteiger partial charge in [0.05, 0.1) is 12.6 Å². The molecule has 1 aromatic carbocycles. The van der Waals surface area contributed by atoms with Gasteiger partial charge in [-0.2, -0.15) is 0 Å². The Morgan fingerprint density at radius 1 is 0.913 bits per heavy atom. The third-order valence-corrected chi connectivity index (χ3v) is 5.12. The molecule has 23 heavy (non-hydrogen) atoms. The van der Waals surface area contributed by atoms with Gasteiger partial charge in [-0.05, 0) is 44.3 Å². The average Bonchev–Trinajstić information content (AvgIpc) is 2.97. The van der Waals surface area contributed by atoms with E-state index >= 15 is 0 Å². The van der Waals surface area contributed by atoms with Crippen molar-refractivity contribution in [3.8, 4) is 0 Å². The van der Waals surface area contributed by atoms with Crippen LogP contribution < -0.4 is 5.73 Å². The largest absolute Gasteiger partial charge is 0.370 e. The number of nitrogens with zero attached hydrogens (tertiary/aromatic N) is 3. The Balaban J connectivity index is 1.69. The fraction of sp³-hybridized carbons (Fsp3) is 0.632. The van der Waals surface area contributed by atoms with Gasteiger partial charge in [-0.1, -0.05) is 43.2 Å². The van der Waals surface area contributed by atoms with E-state index in [2.05, 4.69) is 40.1 Å². The second-order valence-corrected chi connectivity index (χ2v) is 6.77. The van der Waals surface area contributed by atoms with Gasteiger partial charge in [-0.3, -0.25) is 9.89 Å². The van der Waals surface area contributed by atoms with Gasteiger partial charge in [0.2, 0.25) is 0 Å². The normalized spacial score (nSPS) is 22.1. The molecule has 126 valence electrons. The molecule has 0 radical (unpaired) electrons. The summed E-state index contributed by atoms with van der Waals surface area (Å²) in [7, 11) is 0. The lowest BCUT2D eigenvalue weighted by molar-refractivity contribution is 0.251. The summed E-state index contributed by atoms with van der Waals surface area (Å²) in [5.41, 5.74) is 7.66. The second-order valence-electron chi connectivity index (χ2n) is 6.77. The van der Waals surface area contributed by atoms with E-state index in [0.29, 0.717) is 6.04 Å². The van der Waals surface area contributed by atoms with Gasteiger partial charge < -0.3 is 10.6 Å². The van der Waals surface area contributed by atoms with Gasteiger partial charge >= 0.3 is 0 Å². The fourth-order valence-electron chi connectivity index (χ4n) is 3.74. The number of hydrogen-bond acceptors (Lipinski definition) is 2. The molecule has 0 bridgehead atoms. The van der Waals surface area contributed by atoms with Crippen LogP contribution in [0, 0.1) is 0 Å². The van der Waals surface area contributed by atoms with Gasteiger partial charge in [-0.25, -0.2) is 0 Å². The van der Waals surface area contributed by atoms with E-state index in [-0.39, 0.29) is 0 Å². The SMILES string of the molecule is NC(=NCC(c1ccccc1)N1CCCC1)N1CCCCCC1. The van der Waals surface area contributed by atoms with Crippen LogP contribution >= 0.6 is 0 Å². The van der Waals surface area contributed by atoms with Crippen molar-refractivity contribution in [3.05, 3.63) is 35.9 Å². The molecule has 2 N–H and O–H groups in total. The Kier molecular flexibility index (Phi) is 5.92. The van der Waals surface area contributed by atoms with Gasteiger partial charge in [0.25, 0.3) is 0 Å². The van der Waals surface area contributed by atoms with Crippen LogP contribution in [0.25, 0.3) is 0 Å². The van der Waals surface area contributed by atoms with Crippen molar-refractivity contribution in [2.45, 2.75) is 44.6 Å². The van der Waals surface area contributed by atoms with E-state index in [1.807, 2.05) is 0 Å². The van der Waals surface area contributed by atoms with Gasteiger partial charge in [0, 0.05) is 13.1 Å². The van der Waals surface area contributed by atoms with Gasteiger partial charge in [0.15, 0.2) is 5.96 Å². The molecule has 2 aliphatic heterocycles. The summed E-state index contributed by atoms with van der Waals surface area (Å²) in [5, 5.41) is 0. The number of likely N-dealkylation sites (tertiary alicyclic amines) is 2. The third-order valence-electron chi connectivity index (χ3n) is 5.12. The van der Waals surface area contributed by atoms with Crippen molar-refractivity contribution in [1.29, 1.82) is 0 Å². The highest BCUT2D eigenvalue weighted by atomic mass is 15.3. The molecule has 1 aromatic rings. The quantitative estimate of drug-likeness (QED) is 0.686. The summed E-state index contributed by atoms with van der Waals surface area (Å²) in [6.07, 6.45) is 7.73. The molecule has 4 nitrogen and oxygen atoms in total.